The molecule has 0 aliphatic carbocycles. The predicted molar refractivity (Wildman–Crippen MR) is 114 cm³/mol. The number of aryl methyl sites for hydroxylation is 1. The first-order valence-electron chi connectivity index (χ1n) is 8.76. The van der Waals surface area contributed by atoms with Gasteiger partial charge in [0.15, 0.2) is 0 Å². The van der Waals surface area contributed by atoms with E-state index >= 15 is 0 Å². The summed E-state index contributed by atoms with van der Waals surface area (Å²) in [5, 5.41) is 3.79. The molecule has 0 saturated carbocycles. The minimum absolute atomic E-state index is 0.331. The minimum atomic E-state index is -3.69. The average Bonchev–Trinajstić information content (AvgIpc) is 2.70. The third-order valence-electron chi connectivity index (χ3n) is 4.08. The molecule has 2 N–H and O–H groups in total. The van der Waals surface area contributed by atoms with Crippen molar-refractivity contribution in [2.75, 3.05) is 10.0 Å². The van der Waals surface area contributed by atoms with Crippen LogP contribution in [-0.4, -0.2) is 14.3 Å². The lowest BCUT2D eigenvalue weighted by atomic mass is 10.1. The Kier molecular flexibility index (Phi) is 6.09. The number of halogens is 1. The van der Waals surface area contributed by atoms with Crippen LogP contribution in [0.1, 0.15) is 21.5 Å². The fourth-order valence-electron chi connectivity index (χ4n) is 2.58. The second-order valence-corrected chi connectivity index (χ2v) is 7.92. The lowest BCUT2D eigenvalue weighted by Crippen LogP contribution is -2.13. The highest BCUT2D eigenvalue weighted by atomic mass is 32.2. The Morgan fingerprint density at radius 3 is 2.31 bits per heavy atom. The average molecular weight is 410 g/mol. The summed E-state index contributed by atoms with van der Waals surface area (Å²) in [7, 11) is -3.69. The van der Waals surface area contributed by atoms with E-state index < -0.39 is 10.0 Å². The van der Waals surface area contributed by atoms with Crippen molar-refractivity contribution in [3.8, 4) is 0 Å². The van der Waals surface area contributed by atoms with Gasteiger partial charge in [-0.3, -0.25) is 9.52 Å². The van der Waals surface area contributed by atoms with Gasteiger partial charge in [-0.1, -0.05) is 30.3 Å². The first-order valence-corrected chi connectivity index (χ1v) is 10.3. The van der Waals surface area contributed by atoms with Crippen LogP contribution in [-0.2, 0) is 10.0 Å². The van der Waals surface area contributed by atoms with Crippen LogP contribution in [0.4, 0.5) is 15.8 Å². The van der Waals surface area contributed by atoms with E-state index in [0.29, 0.717) is 22.5 Å². The monoisotopic (exact) mass is 410 g/mol. The Morgan fingerprint density at radius 2 is 1.66 bits per heavy atom. The number of carbonyl (C=O) groups is 1. The molecule has 0 saturated heterocycles. The van der Waals surface area contributed by atoms with Gasteiger partial charge in [-0.15, -0.1) is 0 Å². The van der Waals surface area contributed by atoms with E-state index in [1.807, 2.05) is 18.2 Å². The molecule has 7 heteroatoms. The molecule has 0 unspecified atom stereocenters. The topological polar surface area (TPSA) is 75.3 Å². The maximum Gasteiger partial charge on any atom is 0.255 e. The van der Waals surface area contributed by atoms with Crippen molar-refractivity contribution in [2.24, 2.45) is 0 Å². The van der Waals surface area contributed by atoms with Crippen molar-refractivity contribution in [3.05, 3.63) is 101 Å². The predicted octanol–water partition coefficient (Wildman–Crippen LogP) is 4.80. The normalized spacial score (nSPS) is 11.4. The fourth-order valence-corrected chi connectivity index (χ4v) is 3.45. The van der Waals surface area contributed by atoms with E-state index in [1.54, 1.807) is 19.1 Å². The van der Waals surface area contributed by atoms with Crippen LogP contribution in [0, 0.1) is 12.7 Å². The van der Waals surface area contributed by atoms with Crippen LogP contribution in [0.5, 0.6) is 0 Å². The van der Waals surface area contributed by atoms with Gasteiger partial charge in [0.1, 0.15) is 5.82 Å². The van der Waals surface area contributed by atoms with E-state index in [-0.39, 0.29) is 11.7 Å². The SMILES string of the molecule is Cc1cc(F)ccc1NC(=O)c1ccc(NS(=O)(=O)/C=C/c2ccccc2)cc1. The number of carbonyl (C=O) groups excluding carboxylic acids is 1. The highest BCUT2D eigenvalue weighted by molar-refractivity contribution is 7.95. The minimum Gasteiger partial charge on any atom is -0.322 e. The number of rotatable bonds is 6. The quantitative estimate of drug-likeness (QED) is 0.613. The summed E-state index contributed by atoms with van der Waals surface area (Å²) in [6.45, 7) is 1.69. The van der Waals surface area contributed by atoms with Crippen LogP contribution in [0.25, 0.3) is 6.08 Å². The van der Waals surface area contributed by atoms with Gasteiger partial charge < -0.3 is 5.32 Å². The van der Waals surface area contributed by atoms with Gasteiger partial charge in [-0.2, -0.15) is 0 Å². The van der Waals surface area contributed by atoms with Crippen molar-refractivity contribution in [1.82, 2.24) is 0 Å². The Labute approximate surface area is 169 Å². The van der Waals surface area contributed by atoms with Crippen molar-refractivity contribution >= 4 is 33.4 Å². The first kappa shape index (κ1) is 20.3. The van der Waals surface area contributed by atoms with E-state index in [0.717, 1.165) is 11.0 Å². The van der Waals surface area contributed by atoms with Crippen LogP contribution in [0.3, 0.4) is 0 Å². The second kappa shape index (κ2) is 8.70. The van der Waals surface area contributed by atoms with E-state index in [9.17, 15) is 17.6 Å². The molecule has 5 nitrogen and oxygen atoms in total. The molecule has 0 spiro atoms. The number of benzene rings is 3. The molecular weight excluding hydrogens is 391 g/mol. The molecule has 0 heterocycles. The highest BCUT2D eigenvalue weighted by Crippen LogP contribution is 2.18. The van der Waals surface area contributed by atoms with Gasteiger partial charge in [0.2, 0.25) is 0 Å². The van der Waals surface area contributed by atoms with Crippen LogP contribution in [0.15, 0.2) is 78.2 Å². The standard InChI is InChI=1S/C22H19FN2O3S/c1-16-15-19(23)9-12-21(16)24-22(26)18-7-10-20(11-8-18)25-29(27,28)14-13-17-5-3-2-4-6-17/h2-15,25H,1H3,(H,24,26)/b14-13+. The van der Waals surface area contributed by atoms with Gasteiger partial charge in [-0.05, 0) is 66.6 Å². The van der Waals surface area contributed by atoms with Crippen LogP contribution < -0.4 is 10.0 Å². The third kappa shape index (κ3) is 5.76. The summed E-state index contributed by atoms with van der Waals surface area (Å²) in [5.41, 5.74) is 2.55. The largest absolute Gasteiger partial charge is 0.322 e. The molecule has 29 heavy (non-hydrogen) atoms. The number of sulfonamides is 1. The van der Waals surface area contributed by atoms with Gasteiger partial charge in [0.05, 0.1) is 5.41 Å². The Bertz CT molecular complexity index is 1140. The molecule has 148 valence electrons. The molecule has 0 aliphatic rings. The molecule has 3 aromatic rings. The maximum absolute atomic E-state index is 13.2. The van der Waals surface area contributed by atoms with Crippen molar-refractivity contribution in [3.63, 3.8) is 0 Å². The van der Waals surface area contributed by atoms with Crippen LogP contribution in [0.2, 0.25) is 0 Å². The molecule has 0 fully saturated rings. The van der Waals surface area contributed by atoms with E-state index in [4.69, 9.17) is 0 Å². The molecule has 1 amide bonds. The summed E-state index contributed by atoms with van der Waals surface area (Å²) < 4.78 is 40.0. The molecule has 0 aromatic heterocycles. The number of anilines is 2. The Balaban J connectivity index is 1.66. The fraction of sp³-hybridized carbons (Fsp3) is 0.0455. The van der Waals surface area contributed by atoms with Crippen molar-refractivity contribution in [2.45, 2.75) is 6.92 Å². The summed E-state index contributed by atoms with van der Waals surface area (Å²) in [4.78, 5) is 12.4. The molecule has 3 aromatic carbocycles. The zero-order valence-corrected chi connectivity index (χ0v) is 16.4. The Morgan fingerprint density at radius 1 is 0.966 bits per heavy atom. The lowest BCUT2D eigenvalue weighted by Gasteiger charge is -2.09. The summed E-state index contributed by atoms with van der Waals surface area (Å²) in [6.07, 6.45) is 1.50. The first-order chi connectivity index (χ1) is 13.8. The van der Waals surface area contributed by atoms with Gasteiger partial charge in [-0.25, -0.2) is 12.8 Å². The maximum atomic E-state index is 13.2. The molecule has 0 radical (unpaired) electrons. The van der Waals surface area contributed by atoms with E-state index in [2.05, 4.69) is 10.0 Å². The Hall–Kier alpha value is -3.45. The van der Waals surface area contributed by atoms with Crippen molar-refractivity contribution < 1.29 is 17.6 Å². The zero-order chi connectivity index (χ0) is 20.9. The van der Waals surface area contributed by atoms with Gasteiger partial charge in [0, 0.05) is 16.9 Å². The molecule has 0 atom stereocenters. The number of amides is 1. The third-order valence-corrected chi connectivity index (χ3v) is 5.10. The summed E-state index contributed by atoms with van der Waals surface area (Å²) >= 11 is 0. The van der Waals surface area contributed by atoms with Gasteiger partial charge in [0.25, 0.3) is 15.9 Å². The molecular formula is C22H19FN2O3S. The van der Waals surface area contributed by atoms with Crippen molar-refractivity contribution in [1.29, 1.82) is 0 Å². The molecule has 0 bridgehead atoms. The molecule has 0 aliphatic heterocycles. The molecule has 3 rings (SSSR count). The number of hydrogen-bond acceptors (Lipinski definition) is 3. The lowest BCUT2D eigenvalue weighted by molar-refractivity contribution is 0.102. The summed E-state index contributed by atoms with van der Waals surface area (Å²) in [5.74, 6) is -0.753. The van der Waals surface area contributed by atoms with Gasteiger partial charge >= 0.3 is 0 Å². The second-order valence-electron chi connectivity index (χ2n) is 6.35. The number of hydrogen-bond donors (Lipinski definition) is 2. The van der Waals surface area contributed by atoms with Crippen LogP contribution >= 0.6 is 0 Å². The highest BCUT2D eigenvalue weighted by Gasteiger charge is 2.10. The summed E-state index contributed by atoms with van der Waals surface area (Å²) in [6, 6.07) is 19.2. The smallest absolute Gasteiger partial charge is 0.255 e. The zero-order valence-electron chi connectivity index (χ0n) is 15.6. The van der Waals surface area contributed by atoms with E-state index in [1.165, 1.54) is 48.5 Å². The number of nitrogens with one attached hydrogen (secondary N) is 2.